The minimum Gasteiger partial charge on any atom is -0.492 e. The lowest BCUT2D eigenvalue weighted by Crippen LogP contribution is -2.34. The zero-order valence-corrected chi connectivity index (χ0v) is 13.8. The smallest absolute Gasteiger partial charge is 0.407 e. The number of anilines is 1. The summed E-state index contributed by atoms with van der Waals surface area (Å²) in [6, 6.07) is 7.83. The molecule has 1 unspecified atom stereocenters. The summed E-state index contributed by atoms with van der Waals surface area (Å²) in [6.07, 6.45) is -0.441. The zero-order chi connectivity index (χ0) is 16.6. The van der Waals surface area contributed by atoms with E-state index in [0.29, 0.717) is 19.7 Å². The predicted octanol–water partition coefficient (Wildman–Crippen LogP) is 2.35. The van der Waals surface area contributed by atoms with Crippen LogP contribution < -0.4 is 21.1 Å². The van der Waals surface area contributed by atoms with Crippen LogP contribution in [0, 0.1) is 0 Å². The van der Waals surface area contributed by atoms with Gasteiger partial charge in [-0.25, -0.2) is 4.79 Å². The highest BCUT2D eigenvalue weighted by Gasteiger charge is 2.15. The molecule has 1 amide bonds. The molecule has 1 rings (SSSR count). The highest BCUT2D eigenvalue weighted by atomic mass is 16.6. The van der Waals surface area contributed by atoms with Gasteiger partial charge in [0.05, 0.1) is 6.54 Å². The third-order valence-electron chi connectivity index (χ3n) is 2.64. The Morgan fingerprint density at radius 2 is 2.09 bits per heavy atom. The molecular weight excluding hydrogens is 282 g/mol. The van der Waals surface area contributed by atoms with Crippen molar-refractivity contribution < 1.29 is 14.3 Å². The SMILES string of the molecule is CC(CN)Nc1cccc(OCCNC(=O)OC(C)(C)C)c1. The molecule has 124 valence electrons. The Bertz CT molecular complexity index is 472. The third kappa shape index (κ3) is 7.73. The standard InChI is InChI=1S/C16H27N3O3/c1-12(11-17)19-13-6-5-7-14(10-13)21-9-8-18-15(20)22-16(2,3)4/h5-7,10,12,19H,8-9,11,17H2,1-4H3,(H,18,20). The molecule has 22 heavy (non-hydrogen) atoms. The topological polar surface area (TPSA) is 85.6 Å². The Labute approximate surface area is 132 Å². The molecule has 0 aliphatic heterocycles. The Morgan fingerprint density at radius 1 is 1.36 bits per heavy atom. The van der Waals surface area contributed by atoms with Gasteiger partial charge in [-0.3, -0.25) is 0 Å². The summed E-state index contributed by atoms with van der Waals surface area (Å²) in [7, 11) is 0. The van der Waals surface area contributed by atoms with Crippen molar-refractivity contribution in [3.05, 3.63) is 24.3 Å². The van der Waals surface area contributed by atoms with Gasteiger partial charge in [0.25, 0.3) is 0 Å². The lowest BCUT2D eigenvalue weighted by molar-refractivity contribution is 0.0520. The molecular formula is C16H27N3O3. The first-order valence-corrected chi connectivity index (χ1v) is 7.46. The number of nitrogens with two attached hydrogens (primary N) is 1. The van der Waals surface area contributed by atoms with Crippen molar-refractivity contribution in [2.45, 2.75) is 39.3 Å². The maximum Gasteiger partial charge on any atom is 0.407 e. The molecule has 0 fully saturated rings. The quantitative estimate of drug-likeness (QED) is 0.673. The van der Waals surface area contributed by atoms with Crippen molar-refractivity contribution in [1.29, 1.82) is 0 Å². The van der Waals surface area contributed by atoms with Crippen LogP contribution in [0.4, 0.5) is 10.5 Å². The number of alkyl carbamates (subject to hydrolysis) is 1. The number of carbonyl (C=O) groups is 1. The first kappa shape index (κ1) is 18.1. The Hall–Kier alpha value is -1.95. The average Bonchev–Trinajstić information content (AvgIpc) is 2.42. The van der Waals surface area contributed by atoms with Crippen LogP contribution in [0.5, 0.6) is 5.75 Å². The number of hydrogen-bond donors (Lipinski definition) is 3. The van der Waals surface area contributed by atoms with Gasteiger partial charge in [0.2, 0.25) is 0 Å². The fourth-order valence-electron chi connectivity index (χ4n) is 1.66. The van der Waals surface area contributed by atoms with Gasteiger partial charge in [0.1, 0.15) is 18.0 Å². The number of benzene rings is 1. The van der Waals surface area contributed by atoms with Gasteiger partial charge < -0.3 is 25.8 Å². The summed E-state index contributed by atoms with van der Waals surface area (Å²) in [6.45, 7) is 8.79. The largest absolute Gasteiger partial charge is 0.492 e. The predicted molar refractivity (Wildman–Crippen MR) is 88.3 cm³/mol. The van der Waals surface area contributed by atoms with Crippen LogP contribution in [0.15, 0.2) is 24.3 Å². The summed E-state index contributed by atoms with van der Waals surface area (Å²) in [5.74, 6) is 0.736. The first-order valence-electron chi connectivity index (χ1n) is 7.46. The molecule has 0 aliphatic rings. The van der Waals surface area contributed by atoms with Crippen LogP contribution in [0.3, 0.4) is 0 Å². The molecule has 0 bridgehead atoms. The minimum atomic E-state index is -0.495. The zero-order valence-electron chi connectivity index (χ0n) is 13.8. The van der Waals surface area contributed by atoms with Crippen LogP contribution >= 0.6 is 0 Å². The van der Waals surface area contributed by atoms with Gasteiger partial charge in [0, 0.05) is 24.3 Å². The maximum atomic E-state index is 11.5. The molecule has 0 aliphatic carbocycles. The van der Waals surface area contributed by atoms with Crippen LogP contribution in [-0.4, -0.2) is 37.4 Å². The molecule has 6 heteroatoms. The van der Waals surface area contributed by atoms with Gasteiger partial charge in [-0.05, 0) is 39.8 Å². The first-order chi connectivity index (χ1) is 10.3. The van der Waals surface area contributed by atoms with Crippen molar-refractivity contribution in [3.8, 4) is 5.75 Å². The van der Waals surface area contributed by atoms with Crippen LogP contribution in [0.1, 0.15) is 27.7 Å². The molecule has 1 aromatic rings. The molecule has 4 N–H and O–H groups in total. The summed E-state index contributed by atoms with van der Waals surface area (Å²) in [5, 5.41) is 5.92. The summed E-state index contributed by atoms with van der Waals surface area (Å²) in [4.78, 5) is 11.5. The molecule has 1 atom stereocenters. The van der Waals surface area contributed by atoms with Gasteiger partial charge in [-0.15, -0.1) is 0 Å². The van der Waals surface area contributed by atoms with E-state index in [-0.39, 0.29) is 6.04 Å². The van der Waals surface area contributed by atoms with E-state index in [2.05, 4.69) is 10.6 Å². The molecule has 1 aromatic carbocycles. The fraction of sp³-hybridized carbons (Fsp3) is 0.562. The average molecular weight is 309 g/mol. The van der Waals surface area contributed by atoms with Gasteiger partial charge >= 0.3 is 6.09 Å². The number of carbonyl (C=O) groups excluding carboxylic acids is 1. The normalized spacial score (nSPS) is 12.4. The van der Waals surface area contributed by atoms with Crippen LogP contribution in [0.25, 0.3) is 0 Å². The van der Waals surface area contributed by atoms with Crippen molar-refractivity contribution >= 4 is 11.8 Å². The van der Waals surface area contributed by atoms with E-state index in [0.717, 1.165) is 11.4 Å². The van der Waals surface area contributed by atoms with Gasteiger partial charge in [-0.1, -0.05) is 6.07 Å². The number of rotatable bonds is 7. The van der Waals surface area contributed by atoms with E-state index in [1.54, 1.807) is 0 Å². The molecule has 6 nitrogen and oxygen atoms in total. The van der Waals surface area contributed by atoms with E-state index < -0.39 is 11.7 Å². The second kappa shape index (κ2) is 8.48. The lowest BCUT2D eigenvalue weighted by atomic mass is 10.2. The fourth-order valence-corrected chi connectivity index (χ4v) is 1.66. The number of nitrogens with one attached hydrogen (secondary N) is 2. The molecule has 0 aromatic heterocycles. The Kier molecular flexibility index (Phi) is 6.98. The van der Waals surface area contributed by atoms with Crippen LogP contribution in [0.2, 0.25) is 0 Å². The van der Waals surface area contributed by atoms with E-state index in [4.69, 9.17) is 15.2 Å². The second-order valence-electron chi connectivity index (χ2n) is 6.09. The molecule has 0 heterocycles. The third-order valence-corrected chi connectivity index (χ3v) is 2.64. The number of ether oxygens (including phenoxy) is 2. The van der Waals surface area contributed by atoms with E-state index >= 15 is 0 Å². The summed E-state index contributed by atoms with van der Waals surface area (Å²) in [5.41, 5.74) is 6.04. The maximum absolute atomic E-state index is 11.5. The van der Waals surface area contributed by atoms with Crippen molar-refractivity contribution in [3.63, 3.8) is 0 Å². The Balaban J connectivity index is 2.33. The molecule has 0 saturated carbocycles. The van der Waals surface area contributed by atoms with E-state index in [1.807, 2.05) is 52.0 Å². The number of hydrogen-bond acceptors (Lipinski definition) is 5. The molecule has 0 saturated heterocycles. The second-order valence-corrected chi connectivity index (χ2v) is 6.09. The minimum absolute atomic E-state index is 0.198. The Morgan fingerprint density at radius 3 is 2.73 bits per heavy atom. The van der Waals surface area contributed by atoms with Gasteiger partial charge in [0.15, 0.2) is 0 Å². The lowest BCUT2D eigenvalue weighted by Gasteiger charge is -2.19. The number of amides is 1. The van der Waals surface area contributed by atoms with Crippen molar-refractivity contribution in [1.82, 2.24) is 5.32 Å². The van der Waals surface area contributed by atoms with E-state index in [9.17, 15) is 4.79 Å². The van der Waals surface area contributed by atoms with E-state index in [1.165, 1.54) is 0 Å². The van der Waals surface area contributed by atoms with Gasteiger partial charge in [-0.2, -0.15) is 0 Å². The molecule has 0 spiro atoms. The summed E-state index contributed by atoms with van der Waals surface area (Å²) >= 11 is 0. The van der Waals surface area contributed by atoms with Crippen molar-refractivity contribution in [2.24, 2.45) is 5.73 Å². The highest BCUT2D eigenvalue weighted by molar-refractivity contribution is 5.67. The molecule has 0 radical (unpaired) electrons. The van der Waals surface area contributed by atoms with Crippen molar-refractivity contribution in [2.75, 3.05) is 25.0 Å². The highest BCUT2D eigenvalue weighted by Crippen LogP contribution is 2.17. The summed E-state index contributed by atoms with van der Waals surface area (Å²) < 4.78 is 10.7. The van der Waals surface area contributed by atoms with Crippen LogP contribution in [-0.2, 0) is 4.74 Å². The monoisotopic (exact) mass is 309 g/mol.